The first kappa shape index (κ1) is 9.97. The third-order valence-corrected chi connectivity index (χ3v) is 2.40. The Morgan fingerprint density at radius 3 is 2.93 bits per heavy atom. The van der Waals surface area contributed by atoms with Gasteiger partial charge in [0.25, 0.3) is 5.91 Å². The summed E-state index contributed by atoms with van der Waals surface area (Å²) in [6.45, 7) is 1.53. The van der Waals surface area contributed by atoms with E-state index in [-0.39, 0.29) is 0 Å². The first-order valence-corrected chi connectivity index (χ1v) is 4.94. The highest BCUT2D eigenvalue weighted by atomic mass is 16.5. The highest BCUT2D eigenvalue weighted by Gasteiger charge is 2.14. The van der Waals surface area contributed by atoms with E-state index in [1.54, 1.807) is 6.20 Å². The molecule has 2 heterocycles. The Hall–Kier alpha value is -1.56. The van der Waals surface area contributed by atoms with Gasteiger partial charge >= 0.3 is 0 Å². The number of ether oxygens (including phenoxy) is 1. The summed E-state index contributed by atoms with van der Waals surface area (Å²) in [7, 11) is 0. The lowest BCUT2D eigenvalue weighted by molar-refractivity contribution is 0.0875. The highest BCUT2D eigenvalue weighted by Crippen LogP contribution is 2.07. The number of aromatic nitrogens is 2. The second-order valence-electron chi connectivity index (χ2n) is 3.55. The van der Waals surface area contributed by atoms with Gasteiger partial charge < -0.3 is 15.9 Å². The summed E-state index contributed by atoms with van der Waals surface area (Å²) in [6.07, 6.45) is 4.95. The van der Waals surface area contributed by atoms with Crippen molar-refractivity contribution in [3.05, 3.63) is 18.0 Å². The molecule has 1 aliphatic heterocycles. The summed E-state index contributed by atoms with van der Waals surface area (Å²) in [4.78, 5) is 12.4. The van der Waals surface area contributed by atoms with Crippen LogP contribution in [-0.4, -0.2) is 35.1 Å². The molecule has 0 saturated carbocycles. The Morgan fingerprint density at radius 2 is 2.33 bits per heavy atom. The van der Waals surface area contributed by atoms with Gasteiger partial charge in [-0.15, -0.1) is 0 Å². The van der Waals surface area contributed by atoms with Crippen LogP contribution in [-0.2, 0) is 4.74 Å². The van der Waals surface area contributed by atoms with Gasteiger partial charge in [0.15, 0.2) is 0 Å². The van der Waals surface area contributed by atoms with E-state index < -0.39 is 5.91 Å². The Bertz CT molecular complexity index is 344. The number of carbonyl (C=O) groups is 1. The zero-order valence-electron chi connectivity index (χ0n) is 8.35. The maximum Gasteiger partial charge on any atom is 0.251 e. The first-order valence-electron chi connectivity index (χ1n) is 4.94. The molecule has 0 radical (unpaired) electrons. The summed E-state index contributed by atoms with van der Waals surface area (Å²) in [5.41, 5.74) is 8.71. The SMILES string of the molecule is NC(=O)c1cnn(NC2CCOCC2)c1. The lowest BCUT2D eigenvalue weighted by atomic mass is 10.1. The largest absolute Gasteiger partial charge is 0.381 e. The fraction of sp³-hybridized carbons (Fsp3) is 0.556. The lowest BCUT2D eigenvalue weighted by Crippen LogP contribution is -2.33. The lowest BCUT2D eigenvalue weighted by Gasteiger charge is -2.23. The van der Waals surface area contributed by atoms with E-state index >= 15 is 0 Å². The third kappa shape index (κ3) is 2.47. The molecule has 1 amide bonds. The Labute approximate surface area is 87.4 Å². The van der Waals surface area contributed by atoms with Crippen molar-refractivity contribution in [3.8, 4) is 0 Å². The van der Waals surface area contributed by atoms with Crippen LogP contribution in [0.15, 0.2) is 12.4 Å². The van der Waals surface area contributed by atoms with Crippen molar-refractivity contribution in [2.75, 3.05) is 18.6 Å². The molecule has 1 fully saturated rings. The average molecular weight is 210 g/mol. The summed E-state index contributed by atoms with van der Waals surface area (Å²) in [6, 6.07) is 0.347. The fourth-order valence-corrected chi connectivity index (χ4v) is 1.53. The standard InChI is InChI=1S/C9H14N4O2/c10-9(14)7-5-11-13(6-7)12-8-1-3-15-4-2-8/h5-6,8,12H,1-4H2,(H2,10,14). The predicted octanol–water partition coefficient (Wildman–Crippen LogP) is -0.296. The molecule has 0 unspecified atom stereocenters. The van der Waals surface area contributed by atoms with Crippen molar-refractivity contribution < 1.29 is 9.53 Å². The smallest absolute Gasteiger partial charge is 0.251 e. The number of hydrogen-bond acceptors (Lipinski definition) is 4. The van der Waals surface area contributed by atoms with Crippen molar-refractivity contribution in [3.63, 3.8) is 0 Å². The van der Waals surface area contributed by atoms with E-state index in [1.165, 1.54) is 11.0 Å². The second-order valence-corrected chi connectivity index (χ2v) is 3.55. The molecule has 1 aromatic rings. The van der Waals surface area contributed by atoms with Gasteiger partial charge in [0.2, 0.25) is 0 Å². The van der Waals surface area contributed by atoms with Crippen LogP contribution >= 0.6 is 0 Å². The van der Waals surface area contributed by atoms with Gasteiger partial charge in [0.05, 0.1) is 18.0 Å². The van der Waals surface area contributed by atoms with Crippen LogP contribution in [0.2, 0.25) is 0 Å². The van der Waals surface area contributed by atoms with Crippen molar-refractivity contribution in [2.24, 2.45) is 5.73 Å². The Balaban J connectivity index is 1.94. The monoisotopic (exact) mass is 210 g/mol. The van der Waals surface area contributed by atoms with Crippen LogP contribution in [0.5, 0.6) is 0 Å². The molecular weight excluding hydrogens is 196 g/mol. The molecule has 0 aromatic carbocycles. The molecule has 6 nitrogen and oxygen atoms in total. The first-order chi connectivity index (χ1) is 7.25. The van der Waals surface area contributed by atoms with E-state index in [9.17, 15) is 4.79 Å². The maximum atomic E-state index is 10.8. The number of primary amides is 1. The van der Waals surface area contributed by atoms with E-state index in [1.807, 2.05) is 0 Å². The molecule has 1 saturated heterocycles. The molecule has 2 rings (SSSR count). The molecule has 3 N–H and O–H groups in total. The zero-order valence-corrected chi connectivity index (χ0v) is 8.35. The quantitative estimate of drug-likeness (QED) is 0.718. The number of rotatable bonds is 3. The molecule has 0 atom stereocenters. The van der Waals surface area contributed by atoms with E-state index in [4.69, 9.17) is 10.5 Å². The number of nitrogens with two attached hydrogens (primary N) is 1. The summed E-state index contributed by atoms with van der Waals surface area (Å²) < 4.78 is 5.24. The van der Waals surface area contributed by atoms with Crippen LogP contribution in [0.4, 0.5) is 0 Å². The van der Waals surface area contributed by atoms with E-state index in [0.29, 0.717) is 11.6 Å². The normalized spacial score (nSPS) is 17.6. The van der Waals surface area contributed by atoms with Crippen molar-refractivity contribution in [1.82, 2.24) is 9.89 Å². The molecule has 6 heteroatoms. The summed E-state index contributed by atoms with van der Waals surface area (Å²) in [5.74, 6) is -0.463. The van der Waals surface area contributed by atoms with E-state index in [0.717, 1.165) is 26.1 Å². The molecule has 0 aliphatic carbocycles. The van der Waals surface area contributed by atoms with Gasteiger partial charge in [0, 0.05) is 19.3 Å². The molecule has 1 aliphatic rings. The topological polar surface area (TPSA) is 82.2 Å². The van der Waals surface area contributed by atoms with Crippen LogP contribution in [0.3, 0.4) is 0 Å². The van der Waals surface area contributed by atoms with Crippen LogP contribution in [0, 0.1) is 0 Å². The van der Waals surface area contributed by atoms with Gasteiger partial charge in [-0.25, -0.2) is 0 Å². The van der Waals surface area contributed by atoms with E-state index in [2.05, 4.69) is 10.5 Å². The van der Waals surface area contributed by atoms with Gasteiger partial charge in [0.1, 0.15) is 0 Å². The number of amides is 1. The van der Waals surface area contributed by atoms with Gasteiger partial charge in [-0.05, 0) is 12.8 Å². The van der Waals surface area contributed by atoms with Crippen LogP contribution in [0.25, 0.3) is 0 Å². The fourth-order valence-electron chi connectivity index (χ4n) is 1.53. The van der Waals surface area contributed by atoms with Crippen molar-refractivity contribution in [1.29, 1.82) is 0 Å². The number of nitrogens with zero attached hydrogens (tertiary/aromatic N) is 2. The van der Waals surface area contributed by atoms with Crippen molar-refractivity contribution in [2.45, 2.75) is 18.9 Å². The van der Waals surface area contributed by atoms with Crippen molar-refractivity contribution >= 4 is 5.91 Å². The maximum absolute atomic E-state index is 10.8. The van der Waals surface area contributed by atoms with Gasteiger partial charge in [-0.2, -0.15) is 9.89 Å². The molecule has 0 spiro atoms. The number of nitrogens with one attached hydrogen (secondary N) is 1. The minimum absolute atomic E-state index is 0.347. The summed E-state index contributed by atoms with van der Waals surface area (Å²) >= 11 is 0. The molecule has 15 heavy (non-hydrogen) atoms. The minimum atomic E-state index is -0.463. The van der Waals surface area contributed by atoms with Gasteiger partial charge in [-0.3, -0.25) is 4.79 Å². The zero-order chi connectivity index (χ0) is 10.7. The number of hydrogen-bond donors (Lipinski definition) is 2. The molecular formula is C9H14N4O2. The summed E-state index contributed by atoms with van der Waals surface area (Å²) in [5, 5.41) is 4.00. The molecule has 0 bridgehead atoms. The number of carbonyl (C=O) groups excluding carboxylic acids is 1. The van der Waals surface area contributed by atoms with Crippen LogP contribution < -0.4 is 11.2 Å². The second kappa shape index (κ2) is 4.31. The van der Waals surface area contributed by atoms with Gasteiger partial charge in [-0.1, -0.05) is 0 Å². The average Bonchev–Trinajstić information content (AvgIpc) is 2.68. The highest BCUT2D eigenvalue weighted by molar-refractivity contribution is 5.92. The predicted molar refractivity (Wildman–Crippen MR) is 53.9 cm³/mol. The molecule has 1 aromatic heterocycles. The minimum Gasteiger partial charge on any atom is -0.381 e. The van der Waals surface area contributed by atoms with Crippen LogP contribution in [0.1, 0.15) is 23.2 Å². The molecule has 82 valence electrons. The third-order valence-electron chi connectivity index (χ3n) is 2.40. The Kier molecular flexibility index (Phi) is 2.86. The Morgan fingerprint density at radius 1 is 1.60 bits per heavy atom.